The van der Waals surface area contributed by atoms with Crippen molar-refractivity contribution < 1.29 is 24.5 Å². The lowest BCUT2D eigenvalue weighted by atomic mass is 9.89. The van der Waals surface area contributed by atoms with Gasteiger partial charge in [0, 0.05) is 13.0 Å². The number of nitrogens with zero attached hydrogens (tertiary/aromatic N) is 1. The fourth-order valence-corrected chi connectivity index (χ4v) is 1.87. The van der Waals surface area contributed by atoms with E-state index in [4.69, 9.17) is 14.9 Å². The van der Waals surface area contributed by atoms with Crippen LogP contribution in [-0.2, 0) is 9.53 Å². The van der Waals surface area contributed by atoms with Crippen LogP contribution in [0.1, 0.15) is 12.8 Å². The molecule has 3 rings (SSSR count). The Morgan fingerprint density at radius 2 is 2.08 bits per heavy atom. The van der Waals surface area contributed by atoms with Crippen molar-refractivity contribution in [2.45, 2.75) is 24.7 Å². The van der Waals surface area contributed by atoms with E-state index in [2.05, 4.69) is 0 Å². The highest BCUT2D eigenvalue weighted by atomic mass is 16.6. The molecule has 13 heavy (non-hydrogen) atoms. The maximum Gasteiger partial charge on any atom is 0.410 e. The van der Waals surface area contributed by atoms with E-state index >= 15 is 0 Å². The molecule has 0 radical (unpaired) electrons. The van der Waals surface area contributed by atoms with Crippen molar-refractivity contribution >= 4 is 12.1 Å². The molecular weight excluding hydrogens is 178 g/mol. The summed E-state index contributed by atoms with van der Waals surface area (Å²) >= 11 is 0. The van der Waals surface area contributed by atoms with Gasteiger partial charge >= 0.3 is 12.1 Å². The molecule has 0 aromatic carbocycles. The van der Waals surface area contributed by atoms with Gasteiger partial charge in [-0.25, -0.2) is 9.59 Å². The summed E-state index contributed by atoms with van der Waals surface area (Å²) < 4.78 is 5.04. The molecule has 3 saturated heterocycles. The molecule has 3 heterocycles. The van der Waals surface area contributed by atoms with Crippen molar-refractivity contribution in [1.82, 2.24) is 4.90 Å². The van der Waals surface area contributed by atoms with Crippen molar-refractivity contribution in [1.29, 1.82) is 0 Å². The Morgan fingerprint density at radius 1 is 1.46 bits per heavy atom. The Morgan fingerprint density at radius 3 is 2.46 bits per heavy atom. The van der Waals surface area contributed by atoms with Gasteiger partial charge in [0.15, 0.2) is 0 Å². The summed E-state index contributed by atoms with van der Waals surface area (Å²) in [4.78, 5) is 22.3. The fourth-order valence-electron chi connectivity index (χ4n) is 1.87. The number of carboxylic acid groups (broad SMARTS) is 2. The summed E-state index contributed by atoms with van der Waals surface area (Å²) in [5, 5.41) is 17.6. The first-order chi connectivity index (χ1) is 6.06. The number of hydrogen-bond donors (Lipinski definition) is 2. The van der Waals surface area contributed by atoms with Gasteiger partial charge in [-0.15, -0.1) is 0 Å². The van der Waals surface area contributed by atoms with Gasteiger partial charge in [0.1, 0.15) is 0 Å². The first-order valence-corrected chi connectivity index (χ1v) is 3.98. The molecule has 0 aromatic heterocycles. The minimum atomic E-state index is -1.59. The van der Waals surface area contributed by atoms with E-state index in [0.29, 0.717) is 6.42 Å². The molecule has 0 spiro atoms. The SMILES string of the molecule is O=C(O)N1CCC2C[C@@]1(C(=O)O)O2. The minimum absolute atomic E-state index is 0.0771. The third-order valence-corrected chi connectivity index (χ3v) is 2.54. The lowest BCUT2D eigenvalue weighted by Crippen LogP contribution is -2.71. The number of hydrogen-bond acceptors (Lipinski definition) is 3. The molecule has 0 saturated carbocycles. The maximum atomic E-state index is 10.8. The van der Waals surface area contributed by atoms with Crippen LogP contribution in [0.15, 0.2) is 0 Å². The summed E-state index contributed by atoms with van der Waals surface area (Å²) in [6.07, 6.45) is -0.456. The predicted octanol–water partition coefficient (Wildman–Crippen LogP) is -0.0601. The Labute approximate surface area is 73.7 Å². The van der Waals surface area contributed by atoms with E-state index < -0.39 is 17.8 Å². The van der Waals surface area contributed by atoms with Crippen LogP contribution in [0.25, 0.3) is 0 Å². The lowest BCUT2D eigenvalue weighted by Gasteiger charge is -2.54. The van der Waals surface area contributed by atoms with Crippen molar-refractivity contribution in [2.24, 2.45) is 0 Å². The third-order valence-electron chi connectivity index (χ3n) is 2.54. The molecule has 3 fully saturated rings. The van der Waals surface area contributed by atoms with Gasteiger partial charge in [0.05, 0.1) is 6.10 Å². The minimum Gasteiger partial charge on any atom is -0.478 e. The number of carboxylic acids is 1. The summed E-state index contributed by atoms with van der Waals surface area (Å²) in [6, 6.07) is 0. The van der Waals surface area contributed by atoms with Crippen LogP contribution in [0.4, 0.5) is 4.79 Å². The first kappa shape index (κ1) is 8.31. The van der Waals surface area contributed by atoms with Gasteiger partial charge in [-0.3, -0.25) is 4.90 Å². The van der Waals surface area contributed by atoms with E-state index in [-0.39, 0.29) is 19.1 Å². The summed E-state index contributed by atoms with van der Waals surface area (Å²) in [6.45, 7) is 0.242. The number of rotatable bonds is 1. The second-order valence-corrected chi connectivity index (χ2v) is 3.26. The second-order valence-electron chi connectivity index (χ2n) is 3.26. The van der Waals surface area contributed by atoms with Crippen LogP contribution in [0, 0.1) is 0 Å². The molecule has 6 heteroatoms. The molecule has 3 aliphatic heterocycles. The van der Waals surface area contributed by atoms with Gasteiger partial charge in [0.25, 0.3) is 0 Å². The molecule has 1 amide bonds. The van der Waals surface area contributed by atoms with Crippen LogP contribution >= 0.6 is 0 Å². The highest BCUT2D eigenvalue weighted by Gasteiger charge is 2.61. The van der Waals surface area contributed by atoms with Crippen LogP contribution in [-0.4, -0.2) is 45.5 Å². The Bertz CT molecular complexity index is 270. The van der Waals surface area contributed by atoms with Gasteiger partial charge < -0.3 is 14.9 Å². The highest BCUT2D eigenvalue weighted by Crippen LogP contribution is 2.42. The fraction of sp³-hybridized carbons (Fsp3) is 0.714. The molecule has 6 nitrogen and oxygen atoms in total. The summed E-state index contributed by atoms with van der Waals surface area (Å²) in [5.41, 5.74) is -1.59. The van der Waals surface area contributed by atoms with Crippen molar-refractivity contribution in [2.75, 3.05) is 6.54 Å². The van der Waals surface area contributed by atoms with E-state index in [1.807, 2.05) is 0 Å². The largest absolute Gasteiger partial charge is 0.478 e. The van der Waals surface area contributed by atoms with Crippen molar-refractivity contribution in [3.8, 4) is 0 Å². The van der Waals surface area contributed by atoms with E-state index in [9.17, 15) is 9.59 Å². The smallest absolute Gasteiger partial charge is 0.410 e. The number of amides is 1. The number of aliphatic carboxylic acids is 1. The van der Waals surface area contributed by atoms with Crippen LogP contribution < -0.4 is 0 Å². The second kappa shape index (κ2) is 2.35. The molecule has 1 unspecified atom stereocenters. The van der Waals surface area contributed by atoms with Crippen molar-refractivity contribution in [3.63, 3.8) is 0 Å². The van der Waals surface area contributed by atoms with Gasteiger partial charge in [-0.2, -0.15) is 0 Å². The molecule has 3 aliphatic rings. The number of ether oxygens (including phenoxy) is 1. The zero-order chi connectivity index (χ0) is 9.64. The Balaban J connectivity index is 2.25. The number of carbonyl (C=O) groups is 2. The van der Waals surface area contributed by atoms with E-state index in [0.717, 1.165) is 4.90 Å². The quantitative estimate of drug-likeness (QED) is 0.600. The first-order valence-electron chi connectivity index (χ1n) is 3.98. The Kier molecular flexibility index (Phi) is 1.50. The molecule has 2 N–H and O–H groups in total. The monoisotopic (exact) mass is 187 g/mol. The summed E-state index contributed by atoms with van der Waals surface area (Å²) in [5.74, 6) is -1.22. The molecular formula is C7H9NO5. The van der Waals surface area contributed by atoms with E-state index in [1.165, 1.54) is 0 Å². The van der Waals surface area contributed by atoms with Gasteiger partial charge in [-0.1, -0.05) is 0 Å². The molecule has 0 aromatic rings. The highest BCUT2D eigenvalue weighted by molar-refractivity contribution is 5.83. The normalized spacial score (nSPS) is 36.6. The topological polar surface area (TPSA) is 87.1 Å². The van der Waals surface area contributed by atoms with Crippen LogP contribution in [0.2, 0.25) is 0 Å². The molecule has 0 aliphatic carbocycles. The predicted molar refractivity (Wildman–Crippen MR) is 39.2 cm³/mol. The van der Waals surface area contributed by atoms with Gasteiger partial charge in [0.2, 0.25) is 5.72 Å². The summed E-state index contributed by atoms with van der Waals surface area (Å²) in [7, 11) is 0. The standard InChI is InChI=1S/C7H9NO5/c9-5(10)7-3-4(13-7)1-2-8(7)6(11)12/h4H,1-3H2,(H,9,10)(H,11,12)/t4?,7-/m0/s1. The van der Waals surface area contributed by atoms with Gasteiger partial charge in [-0.05, 0) is 6.42 Å². The Hall–Kier alpha value is -1.30. The maximum absolute atomic E-state index is 10.8. The zero-order valence-electron chi connectivity index (χ0n) is 6.77. The van der Waals surface area contributed by atoms with Crippen molar-refractivity contribution in [3.05, 3.63) is 0 Å². The van der Waals surface area contributed by atoms with Crippen LogP contribution in [0.3, 0.4) is 0 Å². The average Bonchev–Trinajstić information content (AvgIpc) is 2.01. The lowest BCUT2D eigenvalue weighted by molar-refractivity contribution is -0.293. The molecule has 2 bridgehead atoms. The zero-order valence-corrected chi connectivity index (χ0v) is 6.77. The average molecular weight is 187 g/mol. The number of fused-ring (bicyclic) bond motifs is 2. The molecule has 72 valence electrons. The number of piperidine rings is 1. The molecule has 2 atom stereocenters. The van der Waals surface area contributed by atoms with E-state index in [1.54, 1.807) is 0 Å². The van der Waals surface area contributed by atoms with Crippen LogP contribution in [0.5, 0.6) is 0 Å². The third kappa shape index (κ3) is 0.918.